The van der Waals surface area contributed by atoms with Gasteiger partial charge in [0.15, 0.2) is 23.3 Å². The van der Waals surface area contributed by atoms with Gasteiger partial charge < -0.3 is 5.32 Å². The van der Waals surface area contributed by atoms with Crippen LogP contribution in [0, 0.1) is 23.3 Å². The summed E-state index contributed by atoms with van der Waals surface area (Å²) < 4.78 is 56.3. The van der Waals surface area contributed by atoms with Crippen LogP contribution >= 0.6 is 22.9 Å². The van der Waals surface area contributed by atoms with Crippen molar-refractivity contribution in [2.75, 3.05) is 26.2 Å². The molecule has 0 unspecified atom stereocenters. The Morgan fingerprint density at radius 1 is 1.04 bits per heavy atom. The number of nitrogens with zero attached hydrogens (tertiary/aromatic N) is 1. The summed E-state index contributed by atoms with van der Waals surface area (Å²) in [6.07, 6.45) is 0. The third kappa shape index (κ3) is 3.24. The number of benzene rings is 1. The minimum atomic E-state index is -1.40. The standard InChI is InChI=1S/C15H13ClF4N2S/c16-11-2-1-10(23-11)15(22-5-3-21-4-6-22)12-13(19)8(17)7-9(18)14(12)20/h1-2,7,15,21H,3-6H2/t15-/m1/s1. The second-order valence-electron chi connectivity index (χ2n) is 5.21. The Kier molecular flexibility index (Phi) is 4.91. The van der Waals surface area contributed by atoms with Gasteiger partial charge in [0.05, 0.1) is 15.9 Å². The highest BCUT2D eigenvalue weighted by Gasteiger charge is 2.33. The van der Waals surface area contributed by atoms with Crippen molar-refractivity contribution < 1.29 is 17.6 Å². The first kappa shape index (κ1) is 16.7. The zero-order valence-electron chi connectivity index (χ0n) is 11.9. The Morgan fingerprint density at radius 3 is 2.17 bits per heavy atom. The highest BCUT2D eigenvalue weighted by atomic mass is 35.5. The van der Waals surface area contributed by atoms with Crippen LogP contribution < -0.4 is 5.32 Å². The molecule has 124 valence electrons. The van der Waals surface area contributed by atoms with E-state index >= 15 is 0 Å². The lowest BCUT2D eigenvalue weighted by Crippen LogP contribution is -2.45. The summed E-state index contributed by atoms with van der Waals surface area (Å²) in [6.45, 7) is 2.24. The monoisotopic (exact) mass is 364 g/mol. The van der Waals surface area contributed by atoms with Crippen LogP contribution in [0.5, 0.6) is 0 Å². The summed E-state index contributed by atoms with van der Waals surface area (Å²) in [5.41, 5.74) is -0.608. The molecular weight excluding hydrogens is 352 g/mol. The summed E-state index contributed by atoms with van der Waals surface area (Å²) >= 11 is 7.06. The Morgan fingerprint density at radius 2 is 1.65 bits per heavy atom. The molecule has 2 nitrogen and oxygen atoms in total. The fourth-order valence-corrected chi connectivity index (χ4v) is 3.96. The van der Waals surface area contributed by atoms with E-state index in [9.17, 15) is 17.6 Å². The van der Waals surface area contributed by atoms with Gasteiger partial charge in [0.1, 0.15) is 0 Å². The molecule has 8 heteroatoms. The normalized spacial score (nSPS) is 17.4. The van der Waals surface area contributed by atoms with Crippen LogP contribution in [-0.2, 0) is 0 Å². The summed E-state index contributed by atoms with van der Waals surface area (Å²) in [5.74, 6) is -5.53. The molecule has 0 radical (unpaired) electrons. The van der Waals surface area contributed by atoms with Crippen LogP contribution in [0.3, 0.4) is 0 Å². The molecule has 1 atom stereocenters. The highest BCUT2D eigenvalue weighted by Crippen LogP contribution is 2.38. The maximum Gasteiger partial charge on any atom is 0.167 e. The summed E-state index contributed by atoms with van der Waals surface area (Å²) in [4.78, 5) is 2.33. The van der Waals surface area contributed by atoms with Gasteiger partial charge in [-0.05, 0) is 12.1 Å². The zero-order valence-corrected chi connectivity index (χ0v) is 13.5. The van der Waals surface area contributed by atoms with Crippen molar-refractivity contribution in [2.24, 2.45) is 0 Å². The van der Waals surface area contributed by atoms with E-state index in [-0.39, 0.29) is 6.07 Å². The van der Waals surface area contributed by atoms with Crippen molar-refractivity contribution in [3.05, 3.63) is 56.2 Å². The van der Waals surface area contributed by atoms with E-state index in [1.165, 1.54) is 0 Å². The average Bonchev–Trinajstić information content (AvgIpc) is 2.96. The maximum atomic E-state index is 14.3. The largest absolute Gasteiger partial charge is 0.314 e. The van der Waals surface area contributed by atoms with E-state index in [2.05, 4.69) is 5.32 Å². The fourth-order valence-electron chi connectivity index (χ4n) is 2.75. The molecule has 1 fully saturated rings. The number of piperazine rings is 1. The van der Waals surface area contributed by atoms with E-state index in [1.807, 2.05) is 0 Å². The predicted molar refractivity (Wildman–Crippen MR) is 81.9 cm³/mol. The highest BCUT2D eigenvalue weighted by molar-refractivity contribution is 7.16. The van der Waals surface area contributed by atoms with E-state index in [0.717, 1.165) is 11.3 Å². The first-order valence-electron chi connectivity index (χ1n) is 7.02. The van der Waals surface area contributed by atoms with Crippen LogP contribution in [-0.4, -0.2) is 31.1 Å². The van der Waals surface area contributed by atoms with Crippen LogP contribution in [0.25, 0.3) is 0 Å². The quantitative estimate of drug-likeness (QED) is 0.655. The lowest BCUT2D eigenvalue weighted by atomic mass is 10.0. The minimum Gasteiger partial charge on any atom is -0.314 e. The van der Waals surface area contributed by atoms with Crippen molar-refractivity contribution in [1.29, 1.82) is 0 Å². The van der Waals surface area contributed by atoms with Crippen molar-refractivity contribution in [1.82, 2.24) is 10.2 Å². The average molecular weight is 365 g/mol. The Labute approximate surface area is 139 Å². The Bertz CT molecular complexity index is 689. The van der Waals surface area contributed by atoms with Crippen LogP contribution in [0.1, 0.15) is 16.5 Å². The maximum absolute atomic E-state index is 14.3. The molecule has 1 N–H and O–H groups in total. The van der Waals surface area contributed by atoms with Crippen molar-refractivity contribution >= 4 is 22.9 Å². The van der Waals surface area contributed by atoms with Crippen LogP contribution in [0.15, 0.2) is 18.2 Å². The molecule has 1 aliphatic heterocycles. The summed E-state index contributed by atoms with van der Waals surface area (Å²) in [5, 5.41) is 3.13. The molecule has 3 rings (SSSR count). The van der Waals surface area contributed by atoms with Crippen molar-refractivity contribution in [3.63, 3.8) is 0 Å². The lowest BCUT2D eigenvalue weighted by Gasteiger charge is -2.35. The van der Waals surface area contributed by atoms with Crippen molar-refractivity contribution in [3.8, 4) is 0 Å². The smallest absolute Gasteiger partial charge is 0.167 e. The van der Waals surface area contributed by atoms with Gasteiger partial charge in [-0.1, -0.05) is 11.6 Å². The summed E-state index contributed by atoms with van der Waals surface area (Å²) in [7, 11) is 0. The van der Waals surface area contributed by atoms with Gasteiger partial charge in [-0.3, -0.25) is 4.90 Å². The molecule has 1 aromatic heterocycles. The number of hydrogen-bond acceptors (Lipinski definition) is 3. The molecule has 23 heavy (non-hydrogen) atoms. The molecule has 0 aliphatic carbocycles. The second kappa shape index (κ2) is 6.76. The molecule has 0 spiro atoms. The summed E-state index contributed by atoms with van der Waals surface area (Å²) in [6, 6.07) is 2.54. The first-order valence-corrected chi connectivity index (χ1v) is 8.21. The van der Waals surface area contributed by atoms with E-state index in [0.29, 0.717) is 35.4 Å². The van der Waals surface area contributed by atoms with Gasteiger partial charge in [0.25, 0.3) is 0 Å². The fraction of sp³-hybridized carbons (Fsp3) is 0.333. The first-order chi connectivity index (χ1) is 11.0. The Hall–Kier alpha value is -1.15. The molecule has 0 amide bonds. The van der Waals surface area contributed by atoms with Gasteiger partial charge >= 0.3 is 0 Å². The molecule has 1 saturated heterocycles. The number of nitrogens with one attached hydrogen (secondary N) is 1. The number of thiophene rings is 1. The number of halogens is 5. The van der Waals surface area contributed by atoms with Gasteiger partial charge in [0, 0.05) is 37.1 Å². The lowest BCUT2D eigenvalue weighted by molar-refractivity contribution is 0.192. The molecule has 1 aliphatic rings. The molecule has 2 aromatic rings. The molecule has 1 aromatic carbocycles. The number of hydrogen-bond donors (Lipinski definition) is 1. The molecule has 0 saturated carbocycles. The van der Waals surface area contributed by atoms with E-state index in [4.69, 9.17) is 11.6 Å². The van der Waals surface area contributed by atoms with Crippen LogP contribution in [0.4, 0.5) is 17.6 Å². The SMILES string of the molecule is Fc1cc(F)c(F)c([C@@H](c2ccc(Cl)s2)N2CCNCC2)c1F. The van der Waals surface area contributed by atoms with Crippen molar-refractivity contribution in [2.45, 2.75) is 6.04 Å². The van der Waals surface area contributed by atoms with Gasteiger partial charge in [-0.25, -0.2) is 17.6 Å². The van der Waals surface area contributed by atoms with Gasteiger partial charge in [-0.2, -0.15) is 0 Å². The van der Waals surface area contributed by atoms with Crippen LogP contribution in [0.2, 0.25) is 4.34 Å². The molecule has 0 bridgehead atoms. The second-order valence-corrected chi connectivity index (χ2v) is 6.96. The predicted octanol–water partition coefficient (Wildman–Crippen LogP) is 3.95. The van der Waals surface area contributed by atoms with E-state index in [1.54, 1.807) is 17.0 Å². The van der Waals surface area contributed by atoms with Gasteiger partial charge in [0.2, 0.25) is 0 Å². The number of rotatable bonds is 3. The molecular formula is C15H13ClF4N2S. The third-order valence-corrected chi connectivity index (χ3v) is 5.08. The Balaban J connectivity index is 2.15. The topological polar surface area (TPSA) is 15.3 Å². The minimum absolute atomic E-state index is 0.227. The third-order valence-electron chi connectivity index (χ3n) is 3.80. The van der Waals surface area contributed by atoms with Gasteiger partial charge in [-0.15, -0.1) is 11.3 Å². The molecule has 2 heterocycles. The van der Waals surface area contributed by atoms with E-state index < -0.39 is 34.9 Å². The zero-order chi connectivity index (χ0) is 16.6.